The van der Waals surface area contributed by atoms with Crippen LogP contribution in [0.2, 0.25) is 0 Å². The molecule has 0 aliphatic heterocycles. The van der Waals surface area contributed by atoms with E-state index in [1.165, 1.54) is 11.3 Å². The molecular formula is C12H15N3OS. The van der Waals surface area contributed by atoms with Crippen molar-refractivity contribution in [2.24, 2.45) is 5.84 Å². The Hall–Kier alpha value is -1.59. The van der Waals surface area contributed by atoms with Gasteiger partial charge in [0.2, 0.25) is 0 Å². The zero-order valence-corrected chi connectivity index (χ0v) is 10.7. The van der Waals surface area contributed by atoms with Crippen LogP contribution in [0.15, 0.2) is 23.6 Å². The fraction of sp³-hybridized carbons (Fsp3) is 0.250. The second-order valence-electron chi connectivity index (χ2n) is 3.60. The van der Waals surface area contributed by atoms with Gasteiger partial charge in [-0.1, -0.05) is 0 Å². The van der Waals surface area contributed by atoms with Gasteiger partial charge in [-0.15, -0.1) is 11.3 Å². The van der Waals surface area contributed by atoms with Gasteiger partial charge in [-0.05, 0) is 37.6 Å². The molecule has 0 aliphatic carbocycles. The van der Waals surface area contributed by atoms with Gasteiger partial charge in [-0.3, -0.25) is 5.43 Å². The summed E-state index contributed by atoms with van der Waals surface area (Å²) < 4.78 is 5.50. The third-order valence-corrected chi connectivity index (χ3v) is 3.17. The normalized spacial score (nSPS) is 10.3. The number of hydrazine groups is 1. The Balaban J connectivity index is 2.30. The number of hydrogen-bond donors (Lipinski definition) is 2. The number of hydrogen-bond acceptors (Lipinski definition) is 5. The average Bonchev–Trinajstić information content (AvgIpc) is 2.80. The molecule has 90 valence electrons. The van der Waals surface area contributed by atoms with Crippen LogP contribution in [-0.2, 0) is 0 Å². The van der Waals surface area contributed by atoms with E-state index in [4.69, 9.17) is 10.6 Å². The van der Waals surface area contributed by atoms with E-state index in [9.17, 15) is 0 Å². The molecule has 0 fully saturated rings. The molecule has 0 unspecified atom stereocenters. The van der Waals surface area contributed by atoms with E-state index in [0.29, 0.717) is 11.7 Å². The van der Waals surface area contributed by atoms with Crippen LogP contribution in [0.1, 0.15) is 12.5 Å². The predicted molar refractivity (Wildman–Crippen MR) is 71.3 cm³/mol. The number of nitrogen functional groups attached to an aromatic ring is 1. The number of aromatic nitrogens is 1. The van der Waals surface area contributed by atoms with Crippen LogP contribution >= 0.6 is 11.3 Å². The average molecular weight is 249 g/mol. The summed E-state index contributed by atoms with van der Waals surface area (Å²) in [5, 5.41) is 2.69. The Bertz CT molecular complexity index is 510. The molecule has 3 N–H and O–H groups in total. The number of benzene rings is 1. The summed E-state index contributed by atoms with van der Waals surface area (Å²) in [6.07, 6.45) is 0. The number of aryl methyl sites for hydroxylation is 1. The zero-order chi connectivity index (χ0) is 12.3. The lowest BCUT2D eigenvalue weighted by Gasteiger charge is -2.07. The Kier molecular flexibility index (Phi) is 3.61. The van der Waals surface area contributed by atoms with Crippen molar-refractivity contribution in [3.05, 3.63) is 29.1 Å². The van der Waals surface area contributed by atoms with Gasteiger partial charge in [0.25, 0.3) is 0 Å². The quantitative estimate of drug-likeness (QED) is 0.646. The molecule has 2 rings (SSSR count). The number of nitrogens with one attached hydrogen (secondary N) is 1. The highest BCUT2D eigenvalue weighted by Gasteiger charge is 2.06. The van der Waals surface area contributed by atoms with Crippen LogP contribution in [-0.4, -0.2) is 11.6 Å². The molecule has 0 spiro atoms. The standard InChI is InChI=1S/C12H15N3OS/c1-3-16-11-5-4-9(6-8(11)2)10-7-17-12(14-10)15-13/h4-7H,3,13H2,1-2H3,(H,14,15). The van der Waals surface area contributed by atoms with E-state index in [1.54, 1.807) is 0 Å². The van der Waals surface area contributed by atoms with Gasteiger partial charge in [0.1, 0.15) is 5.75 Å². The highest BCUT2D eigenvalue weighted by molar-refractivity contribution is 7.14. The summed E-state index contributed by atoms with van der Waals surface area (Å²) in [5.41, 5.74) is 5.65. The Morgan fingerprint density at radius 1 is 1.47 bits per heavy atom. The SMILES string of the molecule is CCOc1ccc(-c2csc(NN)n2)cc1C. The minimum Gasteiger partial charge on any atom is -0.494 e. The molecule has 0 amide bonds. The van der Waals surface area contributed by atoms with E-state index in [2.05, 4.69) is 16.5 Å². The maximum Gasteiger partial charge on any atom is 0.197 e. The smallest absolute Gasteiger partial charge is 0.197 e. The first-order valence-electron chi connectivity index (χ1n) is 5.40. The fourth-order valence-electron chi connectivity index (χ4n) is 1.60. The van der Waals surface area contributed by atoms with Crippen LogP contribution in [0.3, 0.4) is 0 Å². The van der Waals surface area contributed by atoms with Crippen molar-refractivity contribution in [3.8, 4) is 17.0 Å². The number of nitrogens with two attached hydrogens (primary N) is 1. The molecule has 0 aliphatic rings. The number of thiazole rings is 1. The van der Waals surface area contributed by atoms with Gasteiger partial charge in [-0.2, -0.15) is 0 Å². The predicted octanol–water partition coefficient (Wildman–Crippen LogP) is 2.80. The zero-order valence-electron chi connectivity index (χ0n) is 9.86. The number of anilines is 1. The Labute approximate surface area is 104 Å². The minimum atomic E-state index is 0.679. The molecule has 0 saturated heterocycles. The fourth-order valence-corrected chi connectivity index (χ4v) is 2.23. The maximum atomic E-state index is 5.50. The summed E-state index contributed by atoms with van der Waals surface area (Å²) in [6, 6.07) is 6.05. The number of rotatable bonds is 4. The van der Waals surface area contributed by atoms with Crippen molar-refractivity contribution < 1.29 is 4.74 Å². The van der Waals surface area contributed by atoms with Crippen LogP contribution in [0.4, 0.5) is 5.13 Å². The Morgan fingerprint density at radius 2 is 2.29 bits per heavy atom. The molecule has 0 saturated carbocycles. The highest BCUT2D eigenvalue weighted by Crippen LogP contribution is 2.28. The molecule has 17 heavy (non-hydrogen) atoms. The number of ether oxygens (including phenoxy) is 1. The Morgan fingerprint density at radius 3 is 2.88 bits per heavy atom. The van der Waals surface area contributed by atoms with Gasteiger partial charge in [-0.25, -0.2) is 10.8 Å². The second kappa shape index (κ2) is 5.16. The molecule has 1 aromatic heterocycles. The molecule has 0 atom stereocenters. The molecular weight excluding hydrogens is 234 g/mol. The van der Waals surface area contributed by atoms with Crippen molar-refractivity contribution in [1.29, 1.82) is 0 Å². The van der Waals surface area contributed by atoms with Gasteiger partial charge < -0.3 is 4.74 Å². The van der Waals surface area contributed by atoms with Gasteiger partial charge >= 0.3 is 0 Å². The van der Waals surface area contributed by atoms with Crippen molar-refractivity contribution in [3.63, 3.8) is 0 Å². The summed E-state index contributed by atoms with van der Waals surface area (Å²) >= 11 is 1.49. The van der Waals surface area contributed by atoms with Crippen LogP contribution < -0.4 is 16.0 Å². The summed E-state index contributed by atoms with van der Waals surface area (Å²) in [4.78, 5) is 4.36. The number of nitrogens with zero attached hydrogens (tertiary/aromatic N) is 1. The van der Waals surface area contributed by atoms with Gasteiger partial charge in [0, 0.05) is 10.9 Å². The molecule has 5 heteroatoms. The van der Waals surface area contributed by atoms with E-state index in [0.717, 1.165) is 22.6 Å². The third-order valence-electron chi connectivity index (χ3n) is 2.40. The largest absolute Gasteiger partial charge is 0.494 e. The van der Waals surface area contributed by atoms with Crippen LogP contribution in [0.25, 0.3) is 11.3 Å². The topological polar surface area (TPSA) is 60.2 Å². The van der Waals surface area contributed by atoms with E-state index in [-0.39, 0.29) is 0 Å². The molecule has 1 aromatic carbocycles. The first-order valence-corrected chi connectivity index (χ1v) is 6.28. The van der Waals surface area contributed by atoms with Gasteiger partial charge in [0.15, 0.2) is 5.13 Å². The lowest BCUT2D eigenvalue weighted by Crippen LogP contribution is -2.05. The molecule has 0 bridgehead atoms. The second-order valence-corrected chi connectivity index (χ2v) is 4.45. The lowest BCUT2D eigenvalue weighted by atomic mass is 10.1. The van der Waals surface area contributed by atoms with E-state index in [1.807, 2.05) is 31.4 Å². The van der Waals surface area contributed by atoms with Crippen molar-refractivity contribution in [2.45, 2.75) is 13.8 Å². The first kappa shape index (κ1) is 11.9. The minimum absolute atomic E-state index is 0.679. The lowest BCUT2D eigenvalue weighted by molar-refractivity contribution is 0.338. The van der Waals surface area contributed by atoms with E-state index >= 15 is 0 Å². The molecule has 4 nitrogen and oxygen atoms in total. The highest BCUT2D eigenvalue weighted by atomic mass is 32.1. The maximum absolute atomic E-state index is 5.50. The van der Waals surface area contributed by atoms with Crippen molar-refractivity contribution in [2.75, 3.05) is 12.0 Å². The van der Waals surface area contributed by atoms with Crippen LogP contribution in [0.5, 0.6) is 5.75 Å². The van der Waals surface area contributed by atoms with Gasteiger partial charge in [0.05, 0.1) is 12.3 Å². The summed E-state index contributed by atoms with van der Waals surface area (Å²) in [6.45, 7) is 4.69. The molecule has 0 radical (unpaired) electrons. The van der Waals surface area contributed by atoms with Crippen LogP contribution in [0, 0.1) is 6.92 Å². The first-order chi connectivity index (χ1) is 8.24. The summed E-state index contributed by atoms with van der Waals surface area (Å²) in [7, 11) is 0. The monoisotopic (exact) mass is 249 g/mol. The third kappa shape index (κ3) is 2.57. The van der Waals surface area contributed by atoms with E-state index < -0.39 is 0 Å². The molecule has 1 heterocycles. The molecule has 2 aromatic rings. The van der Waals surface area contributed by atoms with Crippen molar-refractivity contribution >= 4 is 16.5 Å². The van der Waals surface area contributed by atoms with Crippen molar-refractivity contribution in [1.82, 2.24) is 4.98 Å². The summed E-state index contributed by atoms with van der Waals surface area (Å²) in [5.74, 6) is 6.23.